The fourth-order valence-electron chi connectivity index (χ4n) is 5.14. The molecule has 3 N–H and O–H groups in total. The van der Waals surface area contributed by atoms with E-state index in [-0.39, 0.29) is 17.7 Å². The summed E-state index contributed by atoms with van der Waals surface area (Å²) < 4.78 is 0. The van der Waals surface area contributed by atoms with E-state index in [0.29, 0.717) is 31.0 Å². The number of hydrogen-bond donors (Lipinski definition) is 3. The molecule has 2 atom stereocenters. The number of phenolic OH excluding ortho intramolecular Hbond substituents is 1. The normalized spacial score (nSPS) is 22.5. The Morgan fingerprint density at radius 3 is 2.81 bits per heavy atom. The maximum Gasteiger partial charge on any atom is 0.328 e. The summed E-state index contributed by atoms with van der Waals surface area (Å²) in [6.07, 6.45) is 1.07. The van der Waals surface area contributed by atoms with Gasteiger partial charge in [-0.3, -0.25) is 14.6 Å². The van der Waals surface area contributed by atoms with Gasteiger partial charge in [-0.15, -0.1) is 0 Å². The Bertz CT molecular complexity index is 1240. The second-order valence-corrected chi connectivity index (χ2v) is 9.16. The molecule has 2 aliphatic rings. The number of aromatic hydroxyl groups is 1. The van der Waals surface area contributed by atoms with Crippen LogP contribution in [0.4, 0.5) is 4.79 Å². The Morgan fingerprint density at radius 1 is 1.25 bits per heavy atom. The highest BCUT2D eigenvalue weighted by molar-refractivity contribution is 6.31. The summed E-state index contributed by atoms with van der Waals surface area (Å²) in [6.45, 7) is 2.91. The number of urea groups is 1. The van der Waals surface area contributed by atoms with Gasteiger partial charge in [0.05, 0.1) is 0 Å². The number of fused-ring (bicyclic) bond motifs is 4. The van der Waals surface area contributed by atoms with Gasteiger partial charge in [0, 0.05) is 34.6 Å². The first kappa shape index (κ1) is 20.8. The molecule has 166 valence electrons. The number of rotatable bonds is 5. The van der Waals surface area contributed by atoms with Crippen molar-refractivity contribution in [2.75, 3.05) is 20.1 Å². The lowest BCUT2D eigenvalue weighted by molar-refractivity contribution is -0.133. The van der Waals surface area contributed by atoms with Crippen LogP contribution in [0, 0.1) is 0 Å². The van der Waals surface area contributed by atoms with E-state index in [4.69, 9.17) is 11.6 Å². The third-order valence-electron chi connectivity index (χ3n) is 6.62. The average molecular weight is 453 g/mol. The zero-order chi connectivity index (χ0) is 22.6. The monoisotopic (exact) mass is 452 g/mol. The zero-order valence-corrected chi connectivity index (χ0v) is 18.7. The molecule has 3 amide bonds. The molecule has 5 rings (SSSR count). The van der Waals surface area contributed by atoms with Crippen LogP contribution in [0.2, 0.25) is 5.02 Å². The lowest BCUT2D eigenvalue weighted by atomic mass is 9.81. The minimum absolute atomic E-state index is 0.110. The summed E-state index contributed by atoms with van der Waals surface area (Å²) in [5.74, 6) is -0.0786. The van der Waals surface area contributed by atoms with E-state index >= 15 is 0 Å². The van der Waals surface area contributed by atoms with Crippen molar-refractivity contribution < 1.29 is 14.7 Å². The van der Waals surface area contributed by atoms with E-state index in [1.54, 1.807) is 23.1 Å². The standard InChI is InChI=1S/C24H25ClN4O3/c1-24-13-18-17-12-15(25)7-8-19(17)27-20(18)21(14-5-3-6-16(30)11-14)29(24)23(32)28(22(24)31)10-4-9-26-2/h3,5-8,11-12,21,26-27,30H,4,9-10,13H2,1-2H3. The Balaban J connectivity index is 1.70. The topological polar surface area (TPSA) is 88.7 Å². The van der Waals surface area contributed by atoms with E-state index in [2.05, 4.69) is 10.3 Å². The molecule has 3 heterocycles. The maximum atomic E-state index is 13.6. The van der Waals surface area contributed by atoms with Gasteiger partial charge in [0.1, 0.15) is 17.3 Å². The molecule has 0 aliphatic carbocycles. The zero-order valence-electron chi connectivity index (χ0n) is 18.0. The molecule has 1 aromatic heterocycles. The molecule has 1 saturated heterocycles. The number of halogens is 1. The first-order valence-electron chi connectivity index (χ1n) is 10.7. The summed E-state index contributed by atoms with van der Waals surface area (Å²) in [5, 5.41) is 14.8. The highest BCUT2D eigenvalue weighted by atomic mass is 35.5. The Labute approximate surface area is 191 Å². The van der Waals surface area contributed by atoms with Crippen molar-refractivity contribution >= 4 is 34.4 Å². The van der Waals surface area contributed by atoms with Crippen molar-refractivity contribution in [3.8, 4) is 5.75 Å². The summed E-state index contributed by atoms with van der Waals surface area (Å²) in [4.78, 5) is 33.7. The van der Waals surface area contributed by atoms with Crippen LogP contribution in [0.5, 0.6) is 5.75 Å². The van der Waals surface area contributed by atoms with Crippen molar-refractivity contribution in [2.45, 2.75) is 31.3 Å². The predicted molar refractivity (Wildman–Crippen MR) is 123 cm³/mol. The van der Waals surface area contributed by atoms with Crippen LogP contribution in [0.1, 0.15) is 36.2 Å². The Hall–Kier alpha value is -3.03. The first-order valence-corrected chi connectivity index (χ1v) is 11.1. The van der Waals surface area contributed by atoms with Crippen LogP contribution in [-0.4, -0.2) is 57.5 Å². The second kappa shape index (κ2) is 7.53. The average Bonchev–Trinajstić information content (AvgIpc) is 3.20. The van der Waals surface area contributed by atoms with Crippen molar-refractivity contribution in [3.63, 3.8) is 0 Å². The molecule has 0 spiro atoms. The second-order valence-electron chi connectivity index (χ2n) is 8.72. The minimum atomic E-state index is -1.03. The molecule has 0 radical (unpaired) electrons. The van der Waals surface area contributed by atoms with Crippen molar-refractivity contribution in [1.82, 2.24) is 20.1 Å². The van der Waals surface area contributed by atoms with Gasteiger partial charge in [-0.05, 0) is 68.4 Å². The van der Waals surface area contributed by atoms with Gasteiger partial charge in [-0.2, -0.15) is 0 Å². The summed E-state index contributed by atoms with van der Waals surface area (Å²) in [5.41, 5.74) is 2.45. The number of carbonyl (C=O) groups is 2. The molecule has 3 aromatic rings. The number of nitrogens with one attached hydrogen (secondary N) is 2. The van der Waals surface area contributed by atoms with Crippen LogP contribution in [0.15, 0.2) is 42.5 Å². The largest absolute Gasteiger partial charge is 0.508 e. The third-order valence-corrected chi connectivity index (χ3v) is 6.86. The number of nitrogens with zero attached hydrogens (tertiary/aromatic N) is 2. The fourth-order valence-corrected chi connectivity index (χ4v) is 5.31. The smallest absolute Gasteiger partial charge is 0.328 e. The third kappa shape index (κ3) is 2.99. The molecule has 2 aromatic carbocycles. The molecule has 32 heavy (non-hydrogen) atoms. The van der Waals surface area contributed by atoms with E-state index in [9.17, 15) is 14.7 Å². The Morgan fingerprint density at radius 2 is 2.06 bits per heavy atom. The number of aromatic nitrogens is 1. The lowest BCUT2D eigenvalue weighted by Crippen LogP contribution is -2.53. The van der Waals surface area contributed by atoms with E-state index in [1.165, 1.54) is 4.90 Å². The van der Waals surface area contributed by atoms with Crippen molar-refractivity contribution in [2.24, 2.45) is 0 Å². The molecule has 8 heteroatoms. The number of amides is 3. The van der Waals surface area contributed by atoms with Crippen LogP contribution < -0.4 is 5.32 Å². The molecular formula is C24H25ClN4O3. The van der Waals surface area contributed by atoms with Crippen LogP contribution in [0.25, 0.3) is 10.9 Å². The van der Waals surface area contributed by atoms with Crippen LogP contribution in [0.3, 0.4) is 0 Å². The van der Waals surface area contributed by atoms with Crippen LogP contribution in [-0.2, 0) is 11.2 Å². The summed E-state index contributed by atoms with van der Waals surface area (Å²) >= 11 is 6.29. The predicted octanol–water partition coefficient (Wildman–Crippen LogP) is 3.80. The number of imide groups is 1. The molecule has 2 unspecified atom stereocenters. The quantitative estimate of drug-likeness (QED) is 0.405. The van der Waals surface area contributed by atoms with Gasteiger partial charge in [0.15, 0.2) is 0 Å². The van der Waals surface area contributed by atoms with Gasteiger partial charge in [0.25, 0.3) is 5.91 Å². The Kier molecular flexibility index (Phi) is 4.91. The van der Waals surface area contributed by atoms with Gasteiger partial charge in [0.2, 0.25) is 0 Å². The fraction of sp³-hybridized carbons (Fsp3) is 0.333. The van der Waals surface area contributed by atoms with E-state index in [1.807, 2.05) is 38.2 Å². The van der Waals surface area contributed by atoms with Gasteiger partial charge >= 0.3 is 6.03 Å². The molecule has 7 nitrogen and oxygen atoms in total. The summed E-state index contributed by atoms with van der Waals surface area (Å²) in [6, 6.07) is 11.7. The van der Waals surface area contributed by atoms with E-state index in [0.717, 1.165) is 27.7 Å². The molecule has 0 saturated carbocycles. The van der Waals surface area contributed by atoms with E-state index < -0.39 is 11.6 Å². The number of benzene rings is 2. The molecule has 2 aliphatic heterocycles. The highest BCUT2D eigenvalue weighted by Gasteiger charge is 2.60. The number of phenols is 1. The van der Waals surface area contributed by atoms with Crippen LogP contribution >= 0.6 is 11.6 Å². The molecule has 0 bridgehead atoms. The van der Waals surface area contributed by atoms with Crippen molar-refractivity contribution in [1.29, 1.82) is 0 Å². The number of hydrogen-bond acceptors (Lipinski definition) is 4. The number of carbonyl (C=O) groups excluding carboxylic acids is 2. The minimum Gasteiger partial charge on any atom is -0.508 e. The number of H-pyrrole nitrogens is 1. The van der Waals surface area contributed by atoms with Gasteiger partial charge in [-0.25, -0.2) is 4.79 Å². The molecular weight excluding hydrogens is 428 g/mol. The lowest BCUT2D eigenvalue weighted by Gasteiger charge is -2.42. The number of aromatic amines is 1. The SMILES string of the molecule is CNCCCN1C(=O)N2C(c3cccc(O)c3)c3[nH]c4ccc(Cl)cc4c3CC2(C)C1=O. The van der Waals surface area contributed by atoms with Crippen molar-refractivity contribution in [3.05, 3.63) is 64.3 Å². The van der Waals surface area contributed by atoms with Gasteiger partial charge in [-0.1, -0.05) is 23.7 Å². The molecule has 1 fully saturated rings. The van der Waals surface area contributed by atoms with Gasteiger partial charge < -0.3 is 15.4 Å². The maximum absolute atomic E-state index is 13.6. The first-order chi connectivity index (χ1) is 15.3. The summed E-state index contributed by atoms with van der Waals surface area (Å²) in [7, 11) is 1.85. The highest BCUT2D eigenvalue weighted by Crippen LogP contribution is 2.49.